The highest BCUT2D eigenvalue weighted by Gasteiger charge is 2.39. The largest absolute Gasteiger partial charge is 0.508 e. The number of benzene rings is 2. The van der Waals surface area contributed by atoms with Crippen LogP contribution < -0.4 is 4.90 Å². The lowest BCUT2D eigenvalue weighted by atomic mass is 9.98. The van der Waals surface area contributed by atoms with Crippen LogP contribution in [0, 0.1) is 5.92 Å². The molecule has 1 aliphatic heterocycles. The number of hydrogen-bond acceptors (Lipinski definition) is 3. The van der Waals surface area contributed by atoms with Gasteiger partial charge in [0.15, 0.2) is 0 Å². The summed E-state index contributed by atoms with van der Waals surface area (Å²) in [7, 11) is 0. The standard InChI is InChI=1S/C17H15NO3/c19-15-8-6-14(7-9-15)18-16(20)11-13(17(18)21)10-12-4-2-1-3-5-12/h1-9,13,19H,10-11H2/t13-/m1/s1. The molecule has 106 valence electrons. The van der Waals surface area contributed by atoms with Crippen LogP contribution in [0.4, 0.5) is 5.69 Å². The van der Waals surface area contributed by atoms with Gasteiger partial charge in [-0.05, 0) is 36.2 Å². The zero-order chi connectivity index (χ0) is 14.8. The second kappa shape index (κ2) is 5.40. The highest BCUT2D eigenvalue weighted by Crippen LogP contribution is 2.29. The van der Waals surface area contributed by atoms with Crippen LogP contribution in [0.15, 0.2) is 54.6 Å². The van der Waals surface area contributed by atoms with E-state index in [1.54, 1.807) is 12.1 Å². The Morgan fingerprint density at radius 1 is 1.00 bits per heavy atom. The molecule has 1 N–H and O–H groups in total. The number of rotatable bonds is 3. The maximum atomic E-state index is 12.4. The fourth-order valence-electron chi connectivity index (χ4n) is 2.63. The number of anilines is 1. The lowest BCUT2D eigenvalue weighted by Crippen LogP contribution is -2.30. The third kappa shape index (κ3) is 2.65. The zero-order valence-electron chi connectivity index (χ0n) is 11.4. The van der Waals surface area contributed by atoms with Crippen molar-refractivity contribution >= 4 is 17.5 Å². The smallest absolute Gasteiger partial charge is 0.237 e. The minimum absolute atomic E-state index is 0.110. The number of carbonyl (C=O) groups excluding carboxylic acids is 2. The van der Waals surface area contributed by atoms with Gasteiger partial charge in [-0.2, -0.15) is 0 Å². The Labute approximate surface area is 122 Å². The summed E-state index contributed by atoms with van der Waals surface area (Å²) in [5.74, 6) is -0.562. The van der Waals surface area contributed by atoms with Gasteiger partial charge in [0.05, 0.1) is 11.6 Å². The SMILES string of the molecule is O=C1C[C@@H](Cc2ccccc2)C(=O)N1c1ccc(O)cc1. The lowest BCUT2D eigenvalue weighted by Gasteiger charge is -2.15. The fraction of sp³-hybridized carbons (Fsp3) is 0.176. The fourth-order valence-corrected chi connectivity index (χ4v) is 2.63. The van der Waals surface area contributed by atoms with Gasteiger partial charge in [0.1, 0.15) is 5.75 Å². The predicted octanol–water partition coefficient (Wildman–Crippen LogP) is 2.51. The van der Waals surface area contributed by atoms with Crippen LogP contribution in [-0.4, -0.2) is 16.9 Å². The first-order valence-electron chi connectivity index (χ1n) is 6.85. The van der Waals surface area contributed by atoms with E-state index in [9.17, 15) is 14.7 Å². The van der Waals surface area contributed by atoms with Crippen LogP contribution in [0.1, 0.15) is 12.0 Å². The molecule has 3 rings (SSSR count). The maximum Gasteiger partial charge on any atom is 0.237 e. The Morgan fingerprint density at radius 3 is 2.33 bits per heavy atom. The van der Waals surface area contributed by atoms with Crippen molar-refractivity contribution in [1.82, 2.24) is 0 Å². The first kappa shape index (κ1) is 13.4. The van der Waals surface area contributed by atoms with Crippen LogP contribution in [0.25, 0.3) is 0 Å². The molecule has 0 spiro atoms. The van der Waals surface area contributed by atoms with Crippen molar-refractivity contribution in [2.24, 2.45) is 5.92 Å². The van der Waals surface area contributed by atoms with E-state index >= 15 is 0 Å². The minimum atomic E-state index is -0.311. The van der Waals surface area contributed by atoms with Crippen LogP contribution in [0.5, 0.6) is 5.75 Å². The van der Waals surface area contributed by atoms with Gasteiger partial charge in [0.2, 0.25) is 11.8 Å². The third-order valence-electron chi connectivity index (χ3n) is 3.67. The second-order valence-corrected chi connectivity index (χ2v) is 5.17. The third-order valence-corrected chi connectivity index (χ3v) is 3.67. The predicted molar refractivity (Wildman–Crippen MR) is 78.9 cm³/mol. The maximum absolute atomic E-state index is 12.4. The Hall–Kier alpha value is -2.62. The lowest BCUT2D eigenvalue weighted by molar-refractivity contribution is -0.122. The number of amides is 2. The van der Waals surface area contributed by atoms with E-state index in [-0.39, 0.29) is 29.9 Å². The molecule has 0 unspecified atom stereocenters. The number of aromatic hydroxyl groups is 1. The van der Waals surface area contributed by atoms with Gasteiger partial charge in [0, 0.05) is 6.42 Å². The summed E-state index contributed by atoms with van der Waals surface area (Å²) in [5, 5.41) is 9.29. The van der Waals surface area contributed by atoms with Crippen molar-refractivity contribution in [2.45, 2.75) is 12.8 Å². The summed E-state index contributed by atoms with van der Waals surface area (Å²) in [6, 6.07) is 15.8. The van der Waals surface area contributed by atoms with Gasteiger partial charge in [-0.25, -0.2) is 0 Å². The van der Waals surface area contributed by atoms with E-state index in [0.29, 0.717) is 12.1 Å². The van der Waals surface area contributed by atoms with E-state index < -0.39 is 0 Å². The molecule has 0 saturated carbocycles. The Bertz CT molecular complexity index is 664. The van der Waals surface area contributed by atoms with Gasteiger partial charge < -0.3 is 5.11 Å². The summed E-state index contributed by atoms with van der Waals surface area (Å²) in [4.78, 5) is 25.8. The molecule has 1 saturated heterocycles. The molecule has 0 aliphatic carbocycles. The number of carbonyl (C=O) groups is 2. The van der Waals surface area contributed by atoms with Crippen molar-refractivity contribution in [3.05, 3.63) is 60.2 Å². The first-order valence-corrected chi connectivity index (χ1v) is 6.85. The number of nitrogens with zero attached hydrogens (tertiary/aromatic N) is 1. The highest BCUT2D eigenvalue weighted by atomic mass is 16.3. The molecule has 0 bridgehead atoms. The van der Waals surface area contributed by atoms with Gasteiger partial charge in [-0.3, -0.25) is 14.5 Å². The molecule has 1 atom stereocenters. The minimum Gasteiger partial charge on any atom is -0.508 e. The molecule has 4 nitrogen and oxygen atoms in total. The summed E-state index contributed by atoms with van der Waals surface area (Å²) in [6.45, 7) is 0. The van der Waals surface area contributed by atoms with E-state index in [1.165, 1.54) is 17.0 Å². The van der Waals surface area contributed by atoms with Crippen molar-refractivity contribution < 1.29 is 14.7 Å². The Morgan fingerprint density at radius 2 is 1.67 bits per heavy atom. The van der Waals surface area contributed by atoms with Crippen LogP contribution in [0.3, 0.4) is 0 Å². The number of hydrogen-bond donors (Lipinski definition) is 1. The molecule has 2 aromatic rings. The topological polar surface area (TPSA) is 57.6 Å². The normalized spacial score (nSPS) is 18.3. The zero-order valence-corrected chi connectivity index (χ0v) is 11.4. The van der Waals surface area contributed by atoms with Crippen molar-refractivity contribution in [3.8, 4) is 5.75 Å². The molecule has 1 fully saturated rings. The van der Waals surface area contributed by atoms with E-state index in [2.05, 4.69) is 0 Å². The summed E-state index contributed by atoms with van der Waals surface area (Å²) in [6.07, 6.45) is 0.800. The van der Waals surface area contributed by atoms with E-state index in [0.717, 1.165) is 5.56 Å². The van der Waals surface area contributed by atoms with Gasteiger partial charge >= 0.3 is 0 Å². The molecule has 4 heteroatoms. The van der Waals surface area contributed by atoms with Crippen molar-refractivity contribution in [1.29, 1.82) is 0 Å². The average molecular weight is 281 g/mol. The molecule has 1 aliphatic rings. The van der Waals surface area contributed by atoms with E-state index in [4.69, 9.17) is 0 Å². The Balaban J connectivity index is 1.80. The molecule has 2 aromatic carbocycles. The van der Waals surface area contributed by atoms with Crippen molar-refractivity contribution in [3.63, 3.8) is 0 Å². The van der Waals surface area contributed by atoms with E-state index in [1.807, 2.05) is 30.3 Å². The molecule has 1 heterocycles. The summed E-state index contributed by atoms with van der Waals surface area (Å²) < 4.78 is 0. The molecule has 2 amide bonds. The van der Waals surface area contributed by atoms with Crippen LogP contribution >= 0.6 is 0 Å². The van der Waals surface area contributed by atoms with Gasteiger partial charge in [-0.15, -0.1) is 0 Å². The summed E-state index contributed by atoms with van der Waals surface area (Å²) in [5.41, 5.74) is 1.56. The second-order valence-electron chi connectivity index (χ2n) is 5.17. The first-order chi connectivity index (χ1) is 10.1. The molecule has 0 aromatic heterocycles. The number of imide groups is 1. The van der Waals surface area contributed by atoms with Crippen LogP contribution in [-0.2, 0) is 16.0 Å². The number of phenolic OH excluding ortho intramolecular Hbond substituents is 1. The number of phenols is 1. The molecular formula is C17H15NO3. The monoisotopic (exact) mass is 281 g/mol. The van der Waals surface area contributed by atoms with Crippen LogP contribution in [0.2, 0.25) is 0 Å². The quantitative estimate of drug-likeness (QED) is 0.879. The van der Waals surface area contributed by atoms with Gasteiger partial charge in [0.25, 0.3) is 0 Å². The average Bonchev–Trinajstić information content (AvgIpc) is 2.76. The molecular weight excluding hydrogens is 266 g/mol. The van der Waals surface area contributed by atoms with Crippen molar-refractivity contribution in [2.75, 3.05) is 4.90 Å². The molecule has 0 radical (unpaired) electrons. The Kier molecular flexibility index (Phi) is 3.44. The molecule has 21 heavy (non-hydrogen) atoms. The van der Waals surface area contributed by atoms with Gasteiger partial charge in [-0.1, -0.05) is 30.3 Å². The highest BCUT2D eigenvalue weighted by molar-refractivity contribution is 6.21. The summed E-state index contributed by atoms with van der Waals surface area (Å²) >= 11 is 0.